The van der Waals surface area contributed by atoms with Crippen LogP contribution in [0.25, 0.3) is 0 Å². The van der Waals surface area contributed by atoms with E-state index in [9.17, 15) is 0 Å². The second-order valence-corrected chi connectivity index (χ2v) is 5.14. The van der Waals surface area contributed by atoms with E-state index in [0.29, 0.717) is 18.5 Å². The van der Waals surface area contributed by atoms with E-state index >= 15 is 0 Å². The minimum atomic E-state index is 0.470. The summed E-state index contributed by atoms with van der Waals surface area (Å²) in [5.74, 6) is 1.40. The molecule has 1 aromatic carbocycles. The Labute approximate surface area is 124 Å². The Balaban J connectivity index is 1.54. The predicted molar refractivity (Wildman–Crippen MR) is 79.2 cm³/mol. The van der Waals surface area contributed by atoms with E-state index in [2.05, 4.69) is 15.3 Å². The number of rotatable bonds is 7. The van der Waals surface area contributed by atoms with Crippen molar-refractivity contribution in [2.75, 3.05) is 7.11 Å². The molecule has 3 rings (SSSR count). The molecule has 0 amide bonds. The number of hydrogen-bond acceptors (Lipinski definition) is 5. The van der Waals surface area contributed by atoms with Gasteiger partial charge in [-0.1, -0.05) is 12.1 Å². The van der Waals surface area contributed by atoms with E-state index in [1.165, 1.54) is 12.8 Å². The molecule has 1 aliphatic rings. The van der Waals surface area contributed by atoms with Crippen LogP contribution in [-0.2, 0) is 13.2 Å². The van der Waals surface area contributed by atoms with Gasteiger partial charge in [0.1, 0.15) is 12.4 Å². The van der Waals surface area contributed by atoms with Gasteiger partial charge in [-0.15, -0.1) is 0 Å². The van der Waals surface area contributed by atoms with Crippen LogP contribution in [0.5, 0.6) is 11.6 Å². The van der Waals surface area contributed by atoms with Gasteiger partial charge in [0.25, 0.3) is 0 Å². The first kappa shape index (κ1) is 13.8. The maximum absolute atomic E-state index is 5.69. The number of methoxy groups -OCH3 is 1. The lowest BCUT2D eigenvalue weighted by Gasteiger charge is -2.08. The van der Waals surface area contributed by atoms with Crippen LogP contribution in [0.4, 0.5) is 0 Å². The van der Waals surface area contributed by atoms with Gasteiger partial charge in [-0.05, 0) is 30.5 Å². The van der Waals surface area contributed by atoms with Gasteiger partial charge in [-0.25, -0.2) is 4.98 Å². The third-order valence-electron chi connectivity index (χ3n) is 3.36. The Morgan fingerprint density at radius 3 is 2.71 bits per heavy atom. The molecule has 1 N–H and O–H groups in total. The first-order valence-corrected chi connectivity index (χ1v) is 7.13. The summed E-state index contributed by atoms with van der Waals surface area (Å²) >= 11 is 0. The maximum atomic E-state index is 5.69. The van der Waals surface area contributed by atoms with Crippen LogP contribution in [0.1, 0.15) is 24.1 Å². The van der Waals surface area contributed by atoms with Gasteiger partial charge in [0.05, 0.1) is 19.0 Å². The van der Waals surface area contributed by atoms with Gasteiger partial charge in [0.15, 0.2) is 0 Å². The van der Waals surface area contributed by atoms with Crippen molar-refractivity contribution in [3.8, 4) is 11.6 Å². The molecule has 0 saturated heterocycles. The molecule has 1 saturated carbocycles. The lowest BCUT2D eigenvalue weighted by molar-refractivity contribution is 0.291. The summed E-state index contributed by atoms with van der Waals surface area (Å²) in [6, 6.07) is 8.45. The van der Waals surface area contributed by atoms with Gasteiger partial charge in [-0.3, -0.25) is 4.98 Å². The summed E-state index contributed by atoms with van der Waals surface area (Å²) in [4.78, 5) is 8.62. The zero-order chi connectivity index (χ0) is 14.5. The summed E-state index contributed by atoms with van der Waals surface area (Å²) in [7, 11) is 1.66. The second-order valence-electron chi connectivity index (χ2n) is 5.14. The number of ether oxygens (including phenoxy) is 2. The van der Waals surface area contributed by atoms with Crippen LogP contribution >= 0.6 is 0 Å². The van der Waals surface area contributed by atoms with Crippen molar-refractivity contribution in [3.05, 3.63) is 47.9 Å². The van der Waals surface area contributed by atoms with Crippen LogP contribution in [0.15, 0.2) is 36.7 Å². The van der Waals surface area contributed by atoms with Crippen molar-refractivity contribution < 1.29 is 9.47 Å². The molecule has 0 atom stereocenters. The lowest BCUT2D eigenvalue weighted by atomic mass is 10.2. The normalized spacial score (nSPS) is 14.0. The van der Waals surface area contributed by atoms with Crippen LogP contribution in [0.3, 0.4) is 0 Å². The van der Waals surface area contributed by atoms with E-state index in [4.69, 9.17) is 9.47 Å². The third-order valence-corrected chi connectivity index (χ3v) is 3.36. The van der Waals surface area contributed by atoms with E-state index in [1.807, 2.05) is 24.3 Å². The summed E-state index contributed by atoms with van der Waals surface area (Å²) in [6.07, 6.45) is 5.95. The molecule has 1 fully saturated rings. The molecular weight excluding hydrogens is 266 g/mol. The monoisotopic (exact) mass is 285 g/mol. The van der Waals surface area contributed by atoms with Gasteiger partial charge in [0, 0.05) is 18.8 Å². The van der Waals surface area contributed by atoms with Crippen molar-refractivity contribution in [3.63, 3.8) is 0 Å². The van der Waals surface area contributed by atoms with Crippen LogP contribution in [0.2, 0.25) is 0 Å². The molecule has 110 valence electrons. The standard InChI is InChI=1S/C16H19N3O2/c1-20-15-6-2-12(3-7-15)11-21-16-10-17-8-14(19-16)9-18-13-4-5-13/h2-3,6-8,10,13,18H,4-5,9,11H2,1H3. The number of nitrogens with one attached hydrogen (secondary N) is 1. The number of hydrogen-bond donors (Lipinski definition) is 1. The summed E-state index contributed by atoms with van der Waals surface area (Å²) in [5.41, 5.74) is 1.98. The highest BCUT2D eigenvalue weighted by Gasteiger charge is 2.20. The minimum absolute atomic E-state index is 0.470. The van der Waals surface area contributed by atoms with E-state index in [0.717, 1.165) is 23.6 Å². The Morgan fingerprint density at radius 2 is 2.00 bits per heavy atom. The fourth-order valence-corrected chi connectivity index (χ4v) is 1.96. The zero-order valence-electron chi connectivity index (χ0n) is 12.1. The quantitative estimate of drug-likeness (QED) is 0.846. The molecule has 5 nitrogen and oxygen atoms in total. The van der Waals surface area contributed by atoms with Gasteiger partial charge >= 0.3 is 0 Å². The molecule has 0 bridgehead atoms. The summed E-state index contributed by atoms with van der Waals surface area (Å²) in [6.45, 7) is 1.22. The average Bonchev–Trinajstić information content (AvgIpc) is 3.36. The Morgan fingerprint density at radius 1 is 1.19 bits per heavy atom. The molecule has 1 aliphatic carbocycles. The van der Waals surface area contributed by atoms with E-state index in [-0.39, 0.29) is 0 Å². The largest absolute Gasteiger partial charge is 0.497 e. The molecular formula is C16H19N3O2. The molecule has 2 aromatic rings. The van der Waals surface area contributed by atoms with Crippen molar-refractivity contribution >= 4 is 0 Å². The van der Waals surface area contributed by atoms with Crippen molar-refractivity contribution in [1.82, 2.24) is 15.3 Å². The van der Waals surface area contributed by atoms with Crippen LogP contribution < -0.4 is 14.8 Å². The van der Waals surface area contributed by atoms with Crippen molar-refractivity contribution in [2.45, 2.75) is 32.0 Å². The number of nitrogens with zero attached hydrogens (tertiary/aromatic N) is 2. The van der Waals surface area contributed by atoms with Crippen LogP contribution in [-0.4, -0.2) is 23.1 Å². The Hall–Kier alpha value is -2.14. The Bertz CT molecular complexity index is 582. The molecule has 0 spiro atoms. The smallest absolute Gasteiger partial charge is 0.232 e. The van der Waals surface area contributed by atoms with Gasteiger partial charge < -0.3 is 14.8 Å². The molecule has 1 heterocycles. The second kappa shape index (κ2) is 6.54. The maximum Gasteiger partial charge on any atom is 0.232 e. The number of aromatic nitrogens is 2. The molecule has 5 heteroatoms. The number of benzene rings is 1. The fraction of sp³-hybridized carbons (Fsp3) is 0.375. The first-order chi connectivity index (χ1) is 10.3. The third kappa shape index (κ3) is 4.16. The molecule has 0 aliphatic heterocycles. The summed E-state index contributed by atoms with van der Waals surface area (Å²) < 4.78 is 10.8. The summed E-state index contributed by atoms with van der Waals surface area (Å²) in [5, 5.41) is 3.41. The highest BCUT2D eigenvalue weighted by molar-refractivity contribution is 5.27. The van der Waals surface area contributed by atoms with Crippen LogP contribution in [0, 0.1) is 0 Å². The Kier molecular flexibility index (Phi) is 4.31. The molecule has 0 radical (unpaired) electrons. The predicted octanol–water partition coefficient (Wildman–Crippen LogP) is 2.32. The minimum Gasteiger partial charge on any atom is -0.497 e. The SMILES string of the molecule is COc1ccc(COc2cncc(CNC3CC3)n2)cc1. The van der Waals surface area contributed by atoms with Crippen molar-refractivity contribution in [1.29, 1.82) is 0 Å². The average molecular weight is 285 g/mol. The first-order valence-electron chi connectivity index (χ1n) is 7.13. The van der Waals surface area contributed by atoms with Crippen molar-refractivity contribution in [2.24, 2.45) is 0 Å². The molecule has 21 heavy (non-hydrogen) atoms. The zero-order valence-corrected chi connectivity index (χ0v) is 12.1. The van der Waals surface area contributed by atoms with E-state index in [1.54, 1.807) is 19.5 Å². The highest BCUT2D eigenvalue weighted by Crippen LogP contribution is 2.19. The fourth-order valence-electron chi connectivity index (χ4n) is 1.96. The van der Waals surface area contributed by atoms with E-state index < -0.39 is 0 Å². The molecule has 1 aromatic heterocycles. The highest BCUT2D eigenvalue weighted by atomic mass is 16.5. The van der Waals surface area contributed by atoms with Gasteiger partial charge in [-0.2, -0.15) is 0 Å². The topological polar surface area (TPSA) is 56.3 Å². The molecule has 0 unspecified atom stereocenters. The van der Waals surface area contributed by atoms with Gasteiger partial charge in [0.2, 0.25) is 5.88 Å². The lowest BCUT2D eigenvalue weighted by Crippen LogP contribution is -2.16.